The number of hydrogen-bond acceptors (Lipinski definition) is 4. The summed E-state index contributed by atoms with van der Waals surface area (Å²) in [5.74, 6) is -2.10. The molecule has 2 heterocycles. The molecule has 0 unspecified atom stereocenters. The van der Waals surface area contributed by atoms with Crippen molar-refractivity contribution in [2.45, 2.75) is 59.5 Å². The maximum absolute atomic E-state index is 14.9. The van der Waals surface area contributed by atoms with Crippen LogP contribution in [0.4, 0.5) is 4.39 Å². The van der Waals surface area contributed by atoms with Gasteiger partial charge < -0.3 is 15.0 Å². The molecule has 1 amide bonds. The smallest absolute Gasteiger partial charge is 0.305 e. The molecule has 36 heavy (non-hydrogen) atoms. The number of pyridine rings is 2. The lowest BCUT2D eigenvalue weighted by Crippen LogP contribution is -2.40. The van der Waals surface area contributed by atoms with E-state index in [0.717, 1.165) is 16.7 Å². The molecule has 0 spiro atoms. The number of carbonyl (C=O) groups excluding carboxylic acids is 1. The third-order valence-corrected chi connectivity index (χ3v) is 6.07. The van der Waals surface area contributed by atoms with Crippen LogP contribution in [0.15, 0.2) is 53.5 Å². The summed E-state index contributed by atoms with van der Waals surface area (Å²) in [4.78, 5) is 42.3. The number of aromatic nitrogens is 2. The quantitative estimate of drug-likeness (QED) is 0.442. The van der Waals surface area contributed by atoms with Gasteiger partial charge in [0.05, 0.1) is 18.2 Å². The Labute approximate surface area is 210 Å². The number of hydrogen-bond donors (Lipinski definition) is 2. The summed E-state index contributed by atoms with van der Waals surface area (Å²) in [5.41, 5.74) is 3.06. The summed E-state index contributed by atoms with van der Waals surface area (Å²) in [6, 6.07) is 9.53. The maximum Gasteiger partial charge on any atom is 0.305 e. The standard InChI is InChI=1S/C28H32FN3O4/c1-16(2)13-23(32-12-11-17(3)14-24(32)33)28(36)31-22(15-25(34)35)21-10-9-20(29)27(30-21)26-18(4)7-6-8-19(26)5/h6-12,14,16,22-23H,13,15H2,1-5H3,(H,31,36)(H,34,35)/t22-,23+/m1/s1. The average Bonchev–Trinajstić information content (AvgIpc) is 2.78. The average molecular weight is 494 g/mol. The van der Waals surface area contributed by atoms with Gasteiger partial charge in [-0.2, -0.15) is 0 Å². The molecule has 2 aromatic heterocycles. The highest BCUT2D eigenvalue weighted by Gasteiger charge is 2.28. The molecule has 2 N–H and O–H groups in total. The van der Waals surface area contributed by atoms with Crippen molar-refractivity contribution < 1.29 is 19.1 Å². The lowest BCUT2D eigenvalue weighted by Gasteiger charge is -2.25. The van der Waals surface area contributed by atoms with Crippen LogP contribution in [0.1, 0.15) is 61.2 Å². The SMILES string of the molecule is Cc1ccn([C@@H](CC(C)C)C(=O)N[C@H](CC(=O)O)c2ccc(F)c(-c3c(C)cccc3C)n2)c(=O)c1. The molecule has 0 aliphatic rings. The van der Waals surface area contributed by atoms with Crippen LogP contribution in [0, 0.1) is 32.5 Å². The topological polar surface area (TPSA) is 101 Å². The Morgan fingerprint density at radius 3 is 2.33 bits per heavy atom. The molecular weight excluding hydrogens is 461 g/mol. The molecule has 0 aliphatic heterocycles. The van der Waals surface area contributed by atoms with Crippen LogP contribution in [0.25, 0.3) is 11.3 Å². The fraction of sp³-hybridized carbons (Fsp3) is 0.357. The van der Waals surface area contributed by atoms with Crippen molar-refractivity contribution in [1.29, 1.82) is 0 Å². The summed E-state index contributed by atoms with van der Waals surface area (Å²) in [7, 11) is 0. The van der Waals surface area contributed by atoms with Crippen molar-refractivity contribution in [2.75, 3.05) is 0 Å². The number of amides is 1. The van der Waals surface area contributed by atoms with E-state index in [1.165, 1.54) is 22.8 Å². The first-order valence-corrected chi connectivity index (χ1v) is 11.9. The number of halogens is 1. The van der Waals surface area contributed by atoms with E-state index < -0.39 is 36.2 Å². The summed E-state index contributed by atoms with van der Waals surface area (Å²) in [6.45, 7) is 9.37. The normalized spacial score (nSPS) is 12.9. The number of aryl methyl sites for hydroxylation is 3. The minimum Gasteiger partial charge on any atom is -0.481 e. The lowest BCUT2D eigenvalue weighted by molar-refractivity contribution is -0.138. The van der Waals surface area contributed by atoms with Crippen molar-refractivity contribution in [3.63, 3.8) is 0 Å². The highest BCUT2D eigenvalue weighted by Crippen LogP contribution is 2.30. The van der Waals surface area contributed by atoms with Crippen molar-refractivity contribution >= 4 is 11.9 Å². The van der Waals surface area contributed by atoms with Crippen LogP contribution >= 0.6 is 0 Å². The van der Waals surface area contributed by atoms with Gasteiger partial charge >= 0.3 is 5.97 Å². The predicted molar refractivity (Wildman–Crippen MR) is 136 cm³/mol. The summed E-state index contributed by atoms with van der Waals surface area (Å²) in [5, 5.41) is 12.3. The molecule has 0 fully saturated rings. The number of carbonyl (C=O) groups is 2. The Morgan fingerprint density at radius 1 is 1.08 bits per heavy atom. The molecule has 0 radical (unpaired) electrons. The molecule has 7 nitrogen and oxygen atoms in total. The number of rotatable bonds is 9. The van der Waals surface area contributed by atoms with Gasteiger partial charge in [-0.1, -0.05) is 32.0 Å². The highest BCUT2D eigenvalue weighted by atomic mass is 19.1. The van der Waals surface area contributed by atoms with E-state index in [-0.39, 0.29) is 22.9 Å². The zero-order valence-corrected chi connectivity index (χ0v) is 21.2. The molecule has 2 atom stereocenters. The second-order valence-electron chi connectivity index (χ2n) is 9.59. The number of carboxylic acid groups (broad SMARTS) is 1. The lowest BCUT2D eigenvalue weighted by atomic mass is 9.98. The van der Waals surface area contributed by atoms with E-state index >= 15 is 0 Å². The molecule has 190 valence electrons. The fourth-order valence-electron chi connectivity index (χ4n) is 4.33. The van der Waals surface area contributed by atoms with Gasteiger partial charge in [-0.25, -0.2) is 9.37 Å². The van der Waals surface area contributed by atoms with Gasteiger partial charge in [-0.15, -0.1) is 0 Å². The number of nitrogens with one attached hydrogen (secondary N) is 1. The number of carboxylic acids is 1. The van der Waals surface area contributed by atoms with Crippen LogP contribution in [-0.4, -0.2) is 26.5 Å². The second kappa shape index (κ2) is 11.3. The summed E-state index contributed by atoms with van der Waals surface area (Å²) < 4.78 is 16.2. The molecule has 0 aliphatic carbocycles. The third-order valence-electron chi connectivity index (χ3n) is 6.07. The van der Waals surface area contributed by atoms with Gasteiger partial charge in [0.1, 0.15) is 17.6 Å². The second-order valence-corrected chi connectivity index (χ2v) is 9.59. The maximum atomic E-state index is 14.9. The van der Waals surface area contributed by atoms with Gasteiger partial charge in [0, 0.05) is 17.8 Å². The Bertz CT molecular complexity index is 1310. The first kappa shape index (κ1) is 26.8. The van der Waals surface area contributed by atoms with E-state index in [9.17, 15) is 23.9 Å². The minimum absolute atomic E-state index is 0.0893. The molecular formula is C28H32FN3O4. The van der Waals surface area contributed by atoms with Crippen molar-refractivity contribution in [2.24, 2.45) is 5.92 Å². The first-order chi connectivity index (χ1) is 17.0. The zero-order valence-electron chi connectivity index (χ0n) is 21.2. The first-order valence-electron chi connectivity index (χ1n) is 11.9. The Hall–Kier alpha value is -3.81. The van der Waals surface area contributed by atoms with E-state index in [0.29, 0.717) is 12.0 Å². The fourth-order valence-corrected chi connectivity index (χ4v) is 4.33. The van der Waals surface area contributed by atoms with Crippen LogP contribution in [0.2, 0.25) is 0 Å². The van der Waals surface area contributed by atoms with Gasteiger partial charge in [-0.3, -0.25) is 14.4 Å². The number of nitrogens with zero attached hydrogens (tertiary/aromatic N) is 2. The molecule has 3 rings (SSSR count). The number of aliphatic carboxylic acids is 1. The molecule has 8 heteroatoms. The van der Waals surface area contributed by atoms with Gasteiger partial charge in [0.25, 0.3) is 5.56 Å². The Kier molecular flexibility index (Phi) is 8.40. The van der Waals surface area contributed by atoms with Crippen molar-refractivity contribution in [1.82, 2.24) is 14.9 Å². The van der Waals surface area contributed by atoms with Gasteiger partial charge in [-0.05, 0) is 68.0 Å². The van der Waals surface area contributed by atoms with Crippen molar-refractivity contribution in [3.05, 3.63) is 87.2 Å². The molecule has 0 saturated heterocycles. The van der Waals surface area contributed by atoms with E-state index in [1.807, 2.05) is 45.9 Å². The van der Waals surface area contributed by atoms with Crippen LogP contribution < -0.4 is 10.9 Å². The zero-order chi connectivity index (χ0) is 26.6. The highest BCUT2D eigenvalue weighted by molar-refractivity contribution is 5.81. The Morgan fingerprint density at radius 2 is 1.75 bits per heavy atom. The van der Waals surface area contributed by atoms with Crippen molar-refractivity contribution in [3.8, 4) is 11.3 Å². The van der Waals surface area contributed by atoms with Crippen LogP contribution in [-0.2, 0) is 9.59 Å². The van der Waals surface area contributed by atoms with E-state index in [1.54, 1.807) is 19.2 Å². The number of benzene rings is 1. The Balaban J connectivity index is 2.02. The van der Waals surface area contributed by atoms with Crippen LogP contribution in [0.3, 0.4) is 0 Å². The molecule has 1 aromatic carbocycles. The van der Waals surface area contributed by atoms with Gasteiger partial charge in [0.2, 0.25) is 5.91 Å². The van der Waals surface area contributed by atoms with E-state index in [4.69, 9.17) is 0 Å². The summed E-state index contributed by atoms with van der Waals surface area (Å²) in [6.07, 6.45) is 1.50. The monoisotopic (exact) mass is 493 g/mol. The van der Waals surface area contributed by atoms with E-state index in [2.05, 4.69) is 10.3 Å². The third kappa shape index (κ3) is 6.24. The largest absolute Gasteiger partial charge is 0.481 e. The molecule has 0 bridgehead atoms. The molecule has 3 aromatic rings. The minimum atomic E-state index is -1.15. The predicted octanol–water partition coefficient (Wildman–Crippen LogP) is 4.89. The molecule has 0 saturated carbocycles. The summed E-state index contributed by atoms with van der Waals surface area (Å²) >= 11 is 0. The van der Waals surface area contributed by atoms with Crippen LogP contribution in [0.5, 0.6) is 0 Å². The van der Waals surface area contributed by atoms with Gasteiger partial charge in [0.15, 0.2) is 0 Å².